The van der Waals surface area contributed by atoms with E-state index < -0.39 is 11.3 Å². The number of benzene rings is 1. The Hall–Kier alpha value is -1.17. The first-order valence-corrected chi connectivity index (χ1v) is 5.22. The molecule has 74 valence electrons. The maximum atomic E-state index is 10.4. The molecule has 1 heterocycles. The fourth-order valence-corrected chi connectivity index (χ4v) is 1.71. The van der Waals surface area contributed by atoms with Gasteiger partial charge in [-0.1, -0.05) is 24.3 Å². The highest BCUT2D eigenvalue weighted by molar-refractivity contribution is 7.77. The minimum atomic E-state index is -2.25. The van der Waals surface area contributed by atoms with Crippen molar-refractivity contribution >= 4 is 23.0 Å². The molecule has 2 unspecified atom stereocenters. The van der Waals surface area contributed by atoms with Gasteiger partial charge in [0.1, 0.15) is 6.17 Å². The van der Waals surface area contributed by atoms with E-state index in [1.807, 2.05) is 30.3 Å². The third-order valence-electron chi connectivity index (χ3n) is 1.96. The lowest BCUT2D eigenvalue weighted by atomic mass is 10.1. The molecule has 0 aromatic heterocycles. The lowest BCUT2D eigenvalue weighted by Crippen LogP contribution is -2.36. The van der Waals surface area contributed by atoms with E-state index in [-0.39, 0.29) is 6.17 Å². The second kappa shape index (κ2) is 3.91. The normalized spacial score (nSPS) is 21.1. The van der Waals surface area contributed by atoms with Gasteiger partial charge < -0.3 is 9.87 Å². The zero-order chi connectivity index (χ0) is 9.97. The zero-order valence-corrected chi connectivity index (χ0v) is 8.08. The Morgan fingerprint density at radius 1 is 1.43 bits per heavy atom. The van der Waals surface area contributed by atoms with Crippen LogP contribution in [0.2, 0.25) is 0 Å². The van der Waals surface area contributed by atoms with Crippen molar-refractivity contribution < 1.29 is 8.76 Å². The van der Waals surface area contributed by atoms with Crippen molar-refractivity contribution in [3.05, 3.63) is 35.9 Å². The average Bonchev–Trinajstić information content (AvgIpc) is 2.17. The van der Waals surface area contributed by atoms with Crippen LogP contribution in [0, 0.1) is 0 Å². The highest BCUT2D eigenvalue weighted by atomic mass is 32.2. The standard InChI is InChI=1S/C9H10N2O2S/c12-14(13)11-9-6-5-7-3-1-2-4-8(7)10-9/h1-6,9-11H,(H,12,13)/p-1. The van der Waals surface area contributed by atoms with Crippen LogP contribution < -0.4 is 10.0 Å². The van der Waals surface area contributed by atoms with E-state index in [4.69, 9.17) is 0 Å². The number of anilines is 1. The van der Waals surface area contributed by atoms with Crippen LogP contribution in [0.4, 0.5) is 5.69 Å². The highest BCUT2D eigenvalue weighted by Crippen LogP contribution is 2.21. The first-order chi connectivity index (χ1) is 6.75. The maximum Gasteiger partial charge on any atom is 0.107 e. The smallest absolute Gasteiger partial charge is 0.107 e. The zero-order valence-electron chi connectivity index (χ0n) is 7.27. The Morgan fingerprint density at radius 2 is 2.21 bits per heavy atom. The summed E-state index contributed by atoms with van der Waals surface area (Å²) in [6, 6.07) is 7.70. The van der Waals surface area contributed by atoms with Crippen molar-refractivity contribution in [2.45, 2.75) is 6.17 Å². The minimum absolute atomic E-state index is 0.358. The number of hydrogen-bond donors (Lipinski definition) is 2. The van der Waals surface area contributed by atoms with Crippen LogP contribution >= 0.6 is 0 Å². The van der Waals surface area contributed by atoms with Crippen molar-refractivity contribution in [1.29, 1.82) is 0 Å². The molecule has 0 aliphatic carbocycles. The molecular formula is C9H9N2O2S-. The number of nitrogens with one attached hydrogen (secondary N) is 2. The van der Waals surface area contributed by atoms with E-state index in [0.29, 0.717) is 0 Å². The molecule has 2 N–H and O–H groups in total. The van der Waals surface area contributed by atoms with Gasteiger partial charge in [-0.3, -0.25) is 4.21 Å². The van der Waals surface area contributed by atoms with Crippen LogP contribution in [0.1, 0.15) is 5.56 Å². The monoisotopic (exact) mass is 209 g/mol. The third-order valence-corrected chi connectivity index (χ3v) is 2.41. The van der Waals surface area contributed by atoms with Crippen LogP contribution in [-0.2, 0) is 11.3 Å². The summed E-state index contributed by atoms with van der Waals surface area (Å²) < 4.78 is 23.1. The lowest BCUT2D eigenvalue weighted by molar-refractivity contribution is 0.519. The van der Waals surface area contributed by atoms with Crippen molar-refractivity contribution in [3.63, 3.8) is 0 Å². The van der Waals surface area contributed by atoms with Crippen LogP contribution in [-0.4, -0.2) is 14.9 Å². The molecule has 0 fully saturated rings. The van der Waals surface area contributed by atoms with Crippen molar-refractivity contribution in [2.75, 3.05) is 5.32 Å². The molecule has 0 saturated carbocycles. The summed E-state index contributed by atoms with van der Waals surface area (Å²) in [4.78, 5) is 0. The van der Waals surface area contributed by atoms with Gasteiger partial charge in [0.05, 0.1) is 0 Å². The Balaban J connectivity index is 2.17. The first kappa shape index (κ1) is 9.39. The largest absolute Gasteiger partial charge is 0.760 e. The molecule has 0 spiro atoms. The quantitative estimate of drug-likeness (QED) is 0.709. The summed E-state index contributed by atoms with van der Waals surface area (Å²) in [5, 5.41) is 3.04. The van der Waals surface area contributed by atoms with Crippen LogP contribution in [0.25, 0.3) is 6.08 Å². The number of fused-ring (bicyclic) bond motifs is 1. The molecule has 1 aromatic carbocycles. The summed E-state index contributed by atoms with van der Waals surface area (Å²) in [6.45, 7) is 0. The summed E-state index contributed by atoms with van der Waals surface area (Å²) >= 11 is -2.25. The van der Waals surface area contributed by atoms with Gasteiger partial charge in [0, 0.05) is 17.0 Å². The van der Waals surface area contributed by atoms with E-state index in [1.54, 1.807) is 6.08 Å². The summed E-state index contributed by atoms with van der Waals surface area (Å²) in [5.74, 6) is 0. The predicted octanol–water partition coefficient (Wildman–Crippen LogP) is 0.835. The second-order valence-electron chi connectivity index (χ2n) is 2.92. The average molecular weight is 209 g/mol. The molecule has 4 nitrogen and oxygen atoms in total. The molecule has 1 aliphatic heterocycles. The van der Waals surface area contributed by atoms with Gasteiger partial charge in [0.2, 0.25) is 0 Å². The SMILES string of the molecule is O=S([O-])NC1C=Cc2ccccc2N1. The van der Waals surface area contributed by atoms with E-state index in [2.05, 4.69) is 10.0 Å². The molecule has 14 heavy (non-hydrogen) atoms. The number of para-hydroxylation sites is 1. The predicted molar refractivity (Wildman–Crippen MR) is 54.9 cm³/mol. The van der Waals surface area contributed by atoms with Gasteiger partial charge in [-0.15, -0.1) is 0 Å². The van der Waals surface area contributed by atoms with Crippen molar-refractivity contribution in [2.24, 2.45) is 0 Å². The fourth-order valence-electron chi connectivity index (χ4n) is 1.36. The van der Waals surface area contributed by atoms with Gasteiger partial charge in [-0.25, -0.2) is 4.72 Å². The first-order valence-electron chi connectivity index (χ1n) is 4.15. The molecule has 0 bridgehead atoms. The molecule has 2 rings (SSSR count). The molecule has 1 aromatic rings. The summed E-state index contributed by atoms with van der Waals surface area (Å²) in [7, 11) is 0. The molecule has 0 amide bonds. The maximum absolute atomic E-state index is 10.4. The van der Waals surface area contributed by atoms with E-state index in [0.717, 1.165) is 11.3 Å². The number of rotatable bonds is 2. The van der Waals surface area contributed by atoms with Crippen molar-refractivity contribution in [3.8, 4) is 0 Å². The van der Waals surface area contributed by atoms with Crippen LogP contribution in [0.15, 0.2) is 30.3 Å². The third kappa shape index (κ3) is 2.01. The summed E-state index contributed by atoms with van der Waals surface area (Å²) in [5.41, 5.74) is 1.99. The topological polar surface area (TPSA) is 64.2 Å². The lowest BCUT2D eigenvalue weighted by Gasteiger charge is -2.23. The Labute approximate surface area is 84.4 Å². The van der Waals surface area contributed by atoms with E-state index in [9.17, 15) is 8.76 Å². The Morgan fingerprint density at radius 3 is 3.00 bits per heavy atom. The molecule has 5 heteroatoms. The molecule has 1 aliphatic rings. The minimum Gasteiger partial charge on any atom is -0.760 e. The van der Waals surface area contributed by atoms with Gasteiger partial charge in [0.25, 0.3) is 0 Å². The van der Waals surface area contributed by atoms with Crippen molar-refractivity contribution in [1.82, 2.24) is 4.72 Å². The number of hydrogen-bond acceptors (Lipinski definition) is 3. The Kier molecular flexibility index (Phi) is 2.62. The molecular weight excluding hydrogens is 200 g/mol. The fraction of sp³-hybridized carbons (Fsp3) is 0.111. The van der Waals surface area contributed by atoms with Gasteiger partial charge in [-0.2, -0.15) is 0 Å². The Bertz CT molecular complexity index is 392. The molecule has 0 radical (unpaired) electrons. The highest BCUT2D eigenvalue weighted by Gasteiger charge is 2.10. The molecule has 0 saturated heterocycles. The second-order valence-corrected chi connectivity index (χ2v) is 3.63. The van der Waals surface area contributed by atoms with Gasteiger partial charge >= 0.3 is 0 Å². The van der Waals surface area contributed by atoms with Crippen LogP contribution in [0.3, 0.4) is 0 Å². The van der Waals surface area contributed by atoms with E-state index in [1.165, 1.54) is 0 Å². The van der Waals surface area contributed by atoms with Crippen LogP contribution in [0.5, 0.6) is 0 Å². The summed E-state index contributed by atoms with van der Waals surface area (Å²) in [6.07, 6.45) is 3.29. The van der Waals surface area contributed by atoms with E-state index >= 15 is 0 Å². The molecule has 2 atom stereocenters. The van der Waals surface area contributed by atoms with Gasteiger partial charge in [-0.05, 0) is 17.7 Å². The van der Waals surface area contributed by atoms with Gasteiger partial charge in [0.15, 0.2) is 0 Å².